The first-order valence-electron chi connectivity index (χ1n) is 5.52. The van der Waals surface area contributed by atoms with Gasteiger partial charge in [0, 0.05) is 19.1 Å². The number of carbonyl (C=O) groups is 1. The lowest BCUT2D eigenvalue weighted by molar-refractivity contribution is 0.0938. The second-order valence-electron chi connectivity index (χ2n) is 4.07. The highest BCUT2D eigenvalue weighted by atomic mass is 19.1. The minimum absolute atomic E-state index is 0.271. The highest BCUT2D eigenvalue weighted by Gasteiger charge is 2.20. The minimum atomic E-state index is -0.717. The molecular formula is C12H14FNO3. The van der Waals surface area contributed by atoms with Crippen LogP contribution in [0.15, 0.2) is 18.2 Å². The zero-order valence-corrected chi connectivity index (χ0v) is 9.28. The van der Waals surface area contributed by atoms with Crippen molar-refractivity contribution in [2.24, 2.45) is 5.92 Å². The fourth-order valence-corrected chi connectivity index (χ4v) is 1.81. The van der Waals surface area contributed by atoms with Crippen LogP contribution in [0.3, 0.4) is 0 Å². The molecule has 1 amide bonds. The van der Waals surface area contributed by atoms with Crippen molar-refractivity contribution >= 4 is 5.91 Å². The molecule has 0 saturated carbocycles. The summed E-state index contributed by atoms with van der Waals surface area (Å²) in [6.45, 7) is 1.75. The number of halogens is 1. The van der Waals surface area contributed by atoms with Crippen LogP contribution in [0.25, 0.3) is 0 Å². The summed E-state index contributed by atoms with van der Waals surface area (Å²) in [6.07, 6.45) is 0.892. The monoisotopic (exact) mass is 239 g/mol. The molecule has 1 aliphatic heterocycles. The van der Waals surface area contributed by atoms with Crippen LogP contribution in [-0.4, -0.2) is 30.8 Å². The van der Waals surface area contributed by atoms with Gasteiger partial charge in [0.15, 0.2) is 0 Å². The summed E-state index contributed by atoms with van der Waals surface area (Å²) in [5.74, 6) is -1.38. The third kappa shape index (κ3) is 2.74. The number of nitrogens with one attached hydrogen (secondary N) is 1. The number of phenols is 1. The van der Waals surface area contributed by atoms with Crippen LogP contribution in [0.4, 0.5) is 4.39 Å². The van der Waals surface area contributed by atoms with Crippen molar-refractivity contribution in [3.05, 3.63) is 29.6 Å². The second kappa shape index (κ2) is 5.14. The average molecular weight is 239 g/mol. The van der Waals surface area contributed by atoms with E-state index in [2.05, 4.69) is 5.32 Å². The van der Waals surface area contributed by atoms with Gasteiger partial charge in [-0.05, 0) is 18.6 Å². The summed E-state index contributed by atoms with van der Waals surface area (Å²) >= 11 is 0. The molecule has 1 aliphatic rings. The number of amides is 1. The van der Waals surface area contributed by atoms with E-state index in [9.17, 15) is 14.3 Å². The van der Waals surface area contributed by atoms with Crippen molar-refractivity contribution in [2.75, 3.05) is 19.8 Å². The number of phenolic OH excluding ortho intramolecular Hbond substituents is 1. The molecule has 92 valence electrons. The van der Waals surface area contributed by atoms with Crippen molar-refractivity contribution < 1.29 is 19.0 Å². The van der Waals surface area contributed by atoms with Crippen molar-refractivity contribution in [3.63, 3.8) is 0 Å². The molecule has 5 heteroatoms. The molecule has 17 heavy (non-hydrogen) atoms. The largest absolute Gasteiger partial charge is 0.507 e. The van der Waals surface area contributed by atoms with Gasteiger partial charge in [0.2, 0.25) is 0 Å². The van der Waals surface area contributed by atoms with Crippen molar-refractivity contribution in [1.82, 2.24) is 5.32 Å². The van der Waals surface area contributed by atoms with E-state index in [0.717, 1.165) is 12.5 Å². The first kappa shape index (κ1) is 11.9. The van der Waals surface area contributed by atoms with Gasteiger partial charge in [-0.3, -0.25) is 4.79 Å². The molecule has 0 aliphatic carbocycles. The lowest BCUT2D eigenvalue weighted by Gasteiger charge is -2.10. The number of carbonyl (C=O) groups excluding carboxylic acids is 1. The predicted molar refractivity (Wildman–Crippen MR) is 59.3 cm³/mol. The van der Waals surface area contributed by atoms with Gasteiger partial charge in [0.25, 0.3) is 5.91 Å². The van der Waals surface area contributed by atoms with Crippen LogP contribution in [-0.2, 0) is 4.74 Å². The van der Waals surface area contributed by atoms with Gasteiger partial charge in [-0.15, -0.1) is 0 Å². The Bertz CT molecular complexity index is 396. The third-order valence-electron chi connectivity index (χ3n) is 2.79. The highest BCUT2D eigenvalue weighted by molar-refractivity contribution is 5.97. The summed E-state index contributed by atoms with van der Waals surface area (Å²) in [5, 5.41) is 12.0. The molecule has 2 rings (SSSR count). The maximum Gasteiger partial charge on any atom is 0.258 e. The van der Waals surface area contributed by atoms with Gasteiger partial charge in [-0.25, -0.2) is 4.39 Å². The Kier molecular flexibility index (Phi) is 3.58. The average Bonchev–Trinajstić information content (AvgIpc) is 2.79. The summed E-state index contributed by atoms with van der Waals surface area (Å²) in [6, 6.07) is 3.79. The highest BCUT2D eigenvalue weighted by Crippen LogP contribution is 2.19. The Balaban J connectivity index is 1.99. The van der Waals surface area contributed by atoms with Crippen LogP contribution in [0.1, 0.15) is 16.8 Å². The van der Waals surface area contributed by atoms with Gasteiger partial charge in [0.05, 0.1) is 6.61 Å². The molecule has 1 fully saturated rings. The molecule has 1 saturated heterocycles. The fourth-order valence-electron chi connectivity index (χ4n) is 1.81. The van der Waals surface area contributed by atoms with E-state index in [4.69, 9.17) is 4.74 Å². The summed E-state index contributed by atoms with van der Waals surface area (Å²) < 4.78 is 18.5. The Morgan fingerprint density at radius 1 is 1.59 bits per heavy atom. The number of ether oxygens (including phenoxy) is 1. The third-order valence-corrected chi connectivity index (χ3v) is 2.79. The summed E-state index contributed by atoms with van der Waals surface area (Å²) in [4.78, 5) is 11.7. The quantitative estimate of drug-likeness (QED) is 0.835. The van der Waals surface area contributed by atoms with Crippen LogP contribution < -0.4 is 5.32 Å². The van der Waals surface area contributed by atoms with Crippen LogP contribution in [0.2, 0.25) is 0 Å². The number of hydrogen-bond acceptors (Lipinski definition) is 3. The molecular weight excluding hydrogens is 225 g/mol. The number of benzene rings is 1. The first-order valence-corrected chi connectivity index (χ1v) is 5.52. The second-order valence-corrected chi connectivity index (χ2v) is 4.07. The Hall–Kier alpha value is -1.62. The fraction of sp³-hybridized carbons (Fsp3) is 0.417. The van der Waals surface area contributed by atoms with E-state index in [1.54, 1.807) is 0 Å². The van der Waals surface area contributed by atoms with Gasteiger partial charge in [0.1, 0.15) is 17.1 Å². The molecule has 1 atom stereocenters. The molecule has 2 N–H and O–H groups in total. The normalized spacial score (nSPS) is 19.2. The zero-order chi connectivity index (χ0) is 12.3. The Labute approximate surface area is 98.4 Å². The molecule has 0 radical (unpaired) electrons. The molecule has 1 unspecified atom stereocenters. The van der Waals surface area contributed by atoms with E-state index in [-0.39, 0.29) is 17.2 Å². The molecule has 1 aromatic rings. The van der Waals surface area contributed by atoms with Crippen LogP contribution in [0, 0.1) is 11.7 Å². The lowest BCUT2D eigenvalue weighted by Crippen LogP contribution is -2.30. The SMILES string of the molecule is O=C(NCC1CCOC1)c1c(O)cccc1F. The van der Waals surface area contributed by atoms with Crippen LogP contribution >= 0.6 is 0 Å². The van der Waals surface area contributed by atoms with E-state index >= 15 is 0 Å². The van der Waals surface area contributed by atoms with E-state index in [0.29, 0.717) is 19.8 Å². The smallest absolute Gasteiger partial charge is 0.258 e. The zero-order valence-electron chi connectivity index (χ0n) is 9.28. The number of aromatic hydroxyl groups is 1. The Morgan fingerprint density at radius 2 is 2.41 bits per heavy atom. The van der Waals surface area contributed by atoms with Crippen molar-refractivity contribution in [1.29, 1.82) is 0 Å². The lowest BCUT2D eigenvalue weighted by atomic mass is 10.1. The van der Waals surface area contributed by atoms with Crippen LogP contribution in [0.5, 0.6) is 5.75 Å². The number of hydrogen-bond donors (Lipinski definition) is 2. The van der Waals surface area contributed by atoms with E-state index in [1.165, 1.54) is 12.1 Å². The maximum absolute atomic E-state index is 13.4. The molecule has 0 bridgehead atoms. The summed E-state index contributed by atoms with van der Waals surface area (Å²) in [5.41, 5.74) is -0.300. The van der Waals surface area contributed by atoms with Crippen molar-refractivity contribution in [3.8, 4) is 5.75 Å². The molecule has 0 aromatic heterocycles. The molecule has 1 aromatic carbocycles. The molecule has 4 nitrogen and oxygen atoms in total. The van der Waals surface area contributed by atoms with E-state index < -0.39 is 11.7 Å². The molecule has 1 heterocycles. The molecule has 0 spiro atoms. The van der Waals surface area contributed by atoms with Gasteiger partial charge < -0.3 is 15.2 Å². The summed E-state index contributed by atoms with van der Waals surface area (Å²) in [7, 11) is 0. The first-order chi connectivity index (χ1) is 8.18. The van der Waals surface area contributed by atoms with E-state index in [1.807, 2.05) is 0 Å². The van der Waals surface area contributed by atoms with Gasteiger partial charge >= 0.3 is 0 Å². The number of rotatable bonds is 3. The predicted octanol–water partition coefficient (Wildman–Crippen LogP) is 1.30. The maximum atomic E-state index is 13.4. The van der Waals surface area contributed by atoms with Gasteiger partial charge in [-0.1, -0.05) is 6.07 Å². The topological polar surface area (TPSA) is 58.6 Å². The minimum Gasteiger partial charge on any atom is -0.507 e. The van der Waals surface area contributed by atoms with Crippen molar-refractivity contribution in [2.45, 2.75) is 6.42 Å². The van der Waals surface area contributed by atoms with Gasteiger partial charge in [-0.2, -0.15) is 0 Å². The standard InChI is InChI=1S/C12H14FNO3/c13-9-2-1-3-10(15)11(9)12(16)14-6-8-4-5-17-7-8/h1-3,8,15H,4-7H2,(H,14,16). The Morgan fingerprint density at radius 3 is 3.06 bits per heavy atom.